The fraction of sp³-hybridized carbons (Fsp3) is 0.615. The van der Waals surface area contributed by atoms with E-state index in [2.05, 4.69) is 9.97 Å². The molecule has 2 aliphatic heterocycles. The fourth-order valence-electron chi connectivity index (χ4n) is 2.98. The number of anilines is 1. The lowest BCUT2D eigenvalue weighted by atomic mass is 10.0. The van der Waals surface area contributed by atoms with Crippen LogP contribution in [0.3, 0.4) is 0 Å². The number of amides is 1. The lowest BCUT2D eigenvalue weighted by Crippen LogP contribution is -2.45. The molecule has 1 amide bonds. The van der Waals surface area contributed by atoms with Gasteiger partial charge in [0, 0.05) is 32.1 Å². The van der Waals surface area contributed by atoms with Crippen LogP contribution in [0.5, 0.6) is 0 Å². The molecule has 0 aliphatic carbocycles. The first kappa shape index (κ1) is 12.3. The Morgan fingerprint density at radius 2 is 2.05 bits per heavy atom. The van der Waals surface area contributed by atoms with E-state index < -0.39 is 0 Å². The Labute approximate surface area is 111 Å². The van der Waals surface area contributed by atoms with Gasteiger partial charge >= 0.3 is 0 Å². The molecule has 2 saturated heterocycles. The number of likely N-dealkylation sites (tertiary alicyclic amines) is 1. The van der Waals surface area contributed by atoms with Crippen LogP contribution in [0.1, 0.15) is 25.7 Å². The molecule has 0 N–H and O–H groups in total. The van der Waals surface area contributed by atoms with Crippen molar-refractivity contribution in [2.24, 2.45) is 0 Å². The molecular weight excluding hydrogens is 247 g/mol. The van der Waals surface area contributed by atoms with Gasteiger partial charge in [0.15, 0.2) is 11.6 Å². The van der Waals surface area contributed by atoms with Crippen LogP contribution >= 0.6 is 0 Å². The number of piperidine rings is 1. The van der Waals surface area contributed by atoms with Crippen LogP contribution in [-0.4, -0.2) is 46.5 Å². The van der Waals surface area contributed by atoms with Crippen molar-refractivity contribution < 1.29 is 9.18 Å². The van der Waals surface area contributed by atoms with E-state index in [1.54, 1.807) is 0 Å². The Balaban J connectivity index is 1.63. The summed E-state index contributed by atoms with van der Waals surface area (Å²) in [7, 11) is 0. The van der Waals surface area contributed by atoms with Crippen LogP contribution < -0.4 is 4.90 Å². The molecule has 19 heavy (non-hydrogen) atoms. The first-order valence-electron chi connectivity index (χ1n) is 6.75. The van der Waals surface area contributed by atoms with Crippen LogP contribution in [-0.2, 0) is 4.79 Å². The maximum atomic E-state index is 13.6. The monoisotopic (exact) mass is 264 g/mol. The van der Waals surface area contributed by atoms with Crippen LogP contribution in [0.15, 0.2) is 12.5 Å². The highest BCUT2D eigenvalue weighted by molar-refractivity contribution is 5.78. The molecule has 102 valence electrons. The summed E-state index contributed by atoms with van der Waals surface area (Å²) >= 11 is 0. The zero-order chi connectivity index (χ0) is 13.2. The normalized spacial score (nSPS) is 21.2. The highest BCUT2D eigenvalue weighted by Crippen LogP contribution is 2.25. The van der Waals surface area contributed by atoms with E-state index in [4.69, 9.17) is 0 Å². The third kappa shape index (κ3) is 2.39. The average molecular weight is 264 g/mol. The Bertz CT molecular complexity index is 473. The van der Waals surface area contributed by atoms with Gasteiger partial charge < -0.3 is 9.80 Å². The summed E-state index contributed by atoms with van der Waals surface area (Å²) in [5.41, 5.74) is 0. The predicted octanol–water partition coefficient (Wildman–Crippen LogP) is 1.21. The van der Waals surface area contributed by atoms with Gasteiger partial charge in [0.05, 0.1) is 6.20 Å². The molecule has 5 nitrogen and oxygen atoms in total. The fourth-order valence-corrected chi connectivity index (χ4v) is 2.98. The van der Waals surface area contributed by atoms with Crippen LogP contribution in [0.4, 0.5) is 10.2 Å². The minimum atomic E-state index is -0.377. The molecule has 0 aromatic carbocycles. The maximum Gasteiger partial charge on any atom is 0.222 e. The minimum Gasteiger partial charge on any atom is -0.354 e. The summed E-state index contributed by atoms with van der Waals surface area (Å²) in [6.45, 7) is 2.36. The molecule has 0 unspecified atom stereocenters. The number of carbonyl (C=O) groups is 1. The molecule has 3 rings (SSSR count). The van der Waals surface area contributed by atoms with E-state index in [9.17, 15) is 9.18 Å². The Hall–Kier alpha value is -1.72. The van der Waals surface area contributed by atoms with E-state index in [0.717, 1.165) is 38.9 Å². The van der Waals surface area contributed by atoms with Gasteiger partial charge in [-0.05, 0) is 19.3 Å². The van der Waals surface area contributed by atoms with Crippen molar-refractivity contribution in [3.05, 3.63) is 18.3 Å². The third-order valence-corrected chi connectivity index (χ3v) is 3.96. The highest BCUT2D eigenvalue weighted by atomic mass is 19.1. The van der Waals surface area contributed by atoms with Gasteiger partial charge in [0.1, 0.15) is 6.33 Å². The lowest BCUT2D eigenvalue weighted by Gasteiger charge is -2.37. The van der Waals surface area contributed by atoms with Crippen molar-refractivity contribution in [1.29, 1.82) is 0 Å². The predicted molar refractivity (Wildman–Crippen MR) is 68.2 cm³/mol. The quantitative estimate of drug-likeness (QED) is 0.805. The van der Waals surface area contributed by atoms with Crippen molar-refractivity contribution in [3.8, 4) is 0 Å². The van der Waals surface area contributed by atoms with Gasteiger partial charge in [-0.1, -0.05) is 0 Å². The first-order valence-corrected chi connectivity index (χ1v) is 6.75. The molecule has 0 spiro atoms. The minimum absolute atomic E-state index is 0.270. The zero-order valence-electron chi connectivity index (χ0n) is 10.8. The summed E-state index contributed by atoms with van der Waals surface area (Å²) in [6.07, 6.45) is 5.98. The van der Waals surface area contributed by atoms with Crippen LogP contribution in [0, 0.1) is 5.82 Å². The lowest BCUT2D eigenvalue weighted by molar-refractivity contribution is -0.130. The van der Waals surface area contributed by atoms with Gasteiger partial charge in [-0.3, -0.25) is 4.79 Å². The van der Waals surface area contributed by atoms with Crippen LogP contribution in [0.2, 0.25) is 0 Å². The van der Waals surface area contributed by atoms with Crippen molar-refractivity contribution in [2.75, 3.05) is 24.5 Å². The largest absolute Gasteiger partial charge is 0.354 e. The number of halogens is 1. The second kappa shape index (κ2) is 5.11. The number of rotatable bonds is 2. The summed E-state index contributed by atoms with van der Waals surface area (Å²) in [4.78, 5) is 23.3. The molecular formula is C13H17FN4O. The second-order valence-electron chi connectivity index (χ2n) is 5.10. The molecule has 0 atom stereocenters. The third-order valence-electron chi connectivity index (χ3n) is 3.96. The first-order chi connectivity index (χ1) is 9.25. The number of hydrogen-bond acceptors (Lipinski definition) is 4. The smallest absolute Gasteiger partial charge is 0.222 e. The molecule has 0 saturated carbocycles. The molecule has 0 radical (unpaired) electrons. The molecule has 6 heteroatoms. The average Bonchev–Trinajstić information content (AvgIpc) is 2.86. The molecule has 2 fully saturated rings. The van der Waals surface area contributed by atoms with Crippen molar-refractivity contribution in [1.82, 2.24) is 14.9 Å². The van der Waals surface area contributed by atoms with E-state index in [1.807, 2.05) is 9.80 Å². The maximum absolute atomic E-state index is 13.6. The second-order valence-corrected chi connectivity index (χ2v) is 5.10. The Kier molecular flexibility index (Phi) is 3.31. The summed E-state index contributed by atoms with van der Waals surface area (Å²) in [6, 6.07) is 0.316. The molecule has 2 aliphatic rings. The SMILES string of the molecule is O=C1CCCN1C1CCN(c2ncncc2F)CC1. The topological polar surface area (TPSA) is 49.3 Å². The summed E-state index contributed by atoms with van der Waals surface area (Å²) in [5.74, 6) is 0.270. The zero-order valence-corrected chi connectivity index (χ0v) is 10.8. The number of nitrogens with zero attached hydrogens (tertiary/aromatic N) is 4. The molecule has 3 heterocycles. The van der Waals surface area contributed by atoms with Crippen molar-refractivity contribution >= 4 is 11.7 Å². The number of aromatic nitrogens is 2. The van der Waals surface area contributed by atoms with Crippen LogP contribution in [0.25, 0.3) is 0 Å². The van der Waals surface area contributed by atoms with Crippen molar-refractivity contribution in [3.63, 3.8) is 0 Å². The highest BCUT2D eigenvalue weighted by Gasteiger charge is 2.31. The standard InChI is InChI=1S/C13H17FN4O/c14-11-8-15-9-16-13(11)17-6-3-10(4-7-17)18-5-1-2-12(18)19/h8-10H,1-7H2. The molecule has 0 bridgehead atoms. The summed E-state index contributed by atoms with van der Waals surface area (Å²) in [5, 5.41) is 0. The van der Waals surface area contributed by atoms with E-state index in [-0.39, 0.29) is 11.7 Å². The van der Waals surface area contributed by atoms with Gasteiger partial charge in [-0.2, -0.15) is 0 Å². The molecule has 1 aromatic rings. The van der Waals surface area contributed by atoms with E-state index in [0.29, 0.717) is 18.3 Å². The van der Waals surface area contributed by atoms with Gasteiger partial charge in [0.25, 0.3) is 0 Å². The number of carbonyl (C=O) groups excluding carboxylic acids is 1. The van der Waals surface area contributed by atoms with E-state index in [1.165, 1.54) is 12.5 Å². The van der Waals surface area contributed by atoms with E-state index >= 15 is 0 Å². The van der Waals surface area contributed by atoms with Gasteiger partial charge in [-0.15, -0.1) is 0 Å². The Morgan fingerprint density at radius 1 is 1.26 bits per heavy atom. The van der Waals surface area contributed by atoms with Crippen molar-refractivity contribution in [2.45, 2.75) is 31.7 Å². The Morgan fingerprint density at radius 3 is 2.68 bits per heavy atom. The van der Waals surface area contributed by atoms with Gasteiger partial charge in [0.2, 0.25) is 5.91 Å². The number of hydrogen-bond donors (Lipinski definition) is 0. The van der Waals surface area contributed by atoms with Gasteiger partial charge in [-0.25, -0.2) is 14.4 Å². The summed E-state index contributed by atoms with van der Waals surface area (Å²) < 4.78 is 13.6. The molecule has 1 aromatic heterocycles.